The van der Waals surface area contributed by atoms with Gasteiger partial charge in [0.2, 0.25) is 9.84 Å². The minimum absolute atomic E-state index is 0.0295. The Kier molecular flexibility index (Phi) is 11.3. The first-order chi connectivity index (χ1) is 26.2. The van der Waals surface area contributed by atoms with Crippen molar-refractivity contribution < 1.29 is 52.9 Å². The molecular formula is C40H34O12S3. The molecule has 6 aromatic rings. The van der Waals surface area contributed by atoms with Crippen molar-refractivity contribution in [3.05, 3.63) is 139 Å². The summed E-state index contributed by atoms with van der Waals surface area (Å²) in [5.74, 6) is 0.781. The molecule has 0 unspecified atom stereocenters. The lowest BCUT2D eigenvalue weighted by atomic mass is 10.1. The molecule has 0 aliphatic rings. The van der Waals surface area contributed by atoms with Crippen LogP contribution in [0.4, 0.5) is 0 Å². The minimum Gasteiger partial charge on any atom is -0.497 e. The Balaban J connectivity index is 1.29. The van der Waals surface area contributed by atoms with E-state index >= 15 is 0 Å². The summed E-state index contributed by atoms with van der Waals surface area (Å²) in [7, 11) is -9.59. The van der Waals surface area contributed by atoms with E-state index in [0.717, 1.165) is 47.6 Å². The highest BCUT2D eigenvalue weighted by Gasteiger charge is 2.27. The molecule has 55 heavy (non-hydrogen) atoms. The van der Waals surface area contributed by atoms with Crippen molar-refractivity contribution in [2.75, 3.05) is 21.3 Å². The number of hydrogen-bond acceptors (Lipinski definition) is 11. The molecule has 0 aromatic heterocycles. The van der Waals surface area contributed by atoms with E-state index < -0.39 is 50.5 Å². The van der Waals surface area contributed by atoms with Crippen molar-refractivity contribution in [2.24, 2.45) is 0 Å². The van der Waals surface area contributed by atoms with Crippen molar-refractivity contribution in [3.63, 3.8) is 0 Å². The monoisotopic (exact) mass is 802 g/mol. The molecule has 12 nitrogen and oxygen atoms in total. The van der Waals surface area contributed by atoms with E-state index in [-0.39, 0.29) is 22.8 Å². The molecule has 0 bridgehead atoms. The van der Waals surface area contributed by atoms with Crippen LogP contribution in [0.1, 0.15) is 5.56 Å². The van der Waals surface area contributed by atoms with Crippen molar-refractivity contribution in [1.82, 2.24) is 0 Å². The van der Waals surface area contributed by atoms with Crippen molar-refractivity contribution in [2.45, 2.75) is 20.4 Å². The fourth-order valence-corrected chi connectivity index (χ4v) is 8.38. The summed E-state index contributed by atoms with van der Waals surface area (Å²) in [4.78, 5) is -1.41. The van der Waals surface area contributed by atoms with E-state index in [1.54, 1.807) is 62.8 Å². The Hall–Kier alpha value is -5.71. The number of rotatable bonds is 14. The number of sulfone groups is 1. The van der Waals surface area contributed by atoms with Gasteiger partial charge in [0.05, 0.1) is 31.1 Å². The van der Waals surface area contributed by atoms with Gasteiger partial charge in [0.1, 0.15) is 45.1 Å². The molecule has 0 heterocycles. The molecule has 0 atom stereocenters. The highest BCUT2D eigenvalue weighted by Crippen LogP contribution is 2.37. The average Bonchev–Trinajstić information content (AvgIpc) is 3.18. The van der Waals surface area contributed by atoms with Crippen LogP contribution in [0.5, 0.6) is 34.5 Å². The fraction of sp³-hybridized carbons (Fsp3) is 0.100. The molecule has 0 radical (unpaired) electrons. The Morgan fingerprint density at radius 1 is 0.473 bits per heavy atom. The van der Waals surface area contributed by atoms with Gasteiger partial charge in [0.25, 0.3) is 20.2 Å². The molecule has 0 saturated heterocycles. The molecule has 0 aliphatic heterocycles. The van der Waals surface area contributed by atoms with Gasteiger partial charge < -0.3 is 18.9 Å². The molecule has 284 valence electrons. The number of ether oxygens (including phenoxy) is 4. The van der Waals surface area contributed by atoms with Gasteiger partial charge in [-0.25, -0.2) is 8.42 Å². The van der Waals surface area contributed by atoms with E-state index in [2.05, 4.69) is 0 Å². The highest BCUT2D eigenvalue weighted by molar-refractivity contribution is 7.91. The second kappa shape index (κ2) is 15.9. The molecule has 0 fully saturated rings. The maximum Gasteiger partial charge on any atom is 0.300 e. The minimum atomic E-state index is -4.66. The van der Waals surface area contributed by atoms with Gasteiger partial charge in [-0.3, -0.25) is 8.74 Å². The second-order valence-corrected chi connectivity index (χ2v) is 17.0. The molecule has 0 amide bonds. The zero-order valence-electron chi connectivity index (χ0n) is 29.6. The summed E-state index contributed by atoms with van der Waals surface area (Å²) in [6.07, 6.45) is 0. The van der Waals surface area contributed by atoms with Crippen LogP contribution in [-0.2, 0) is 40.0 Å². The normalized spacial score (nSPS) is 11.9. The van der Waals surface area contributed by atoms with Gasteiger partial charge in [0.15, 0.2) is 0 Å². The van der Waals surface area contributed by atoms with Gasteiger partial charge in [-0.05, 0) is 107 Å². The Morgan fingerprint density at radius 2 is 0.855 bits per heavy atom. The first-order valence-electron chi connectivity index (χ1n) is 16.3. The van der Waals surface area contributed by atoms with Crippen LogP contribution in [0.15, 0.2) is 148 Å². The maximum absolute atomic E-state index is 13.9. The summed E-state index contributed by atoms with van der Waals surface area (Å²) >= 11 is 0. The Bertz CT molecular complexity index is 2640. The molecule has 0 aliphatic carbocycles. The van der Waals surface area contributed by atoms with E-state index in [1.165, 1.54) is 18.2 Å². The van der Waals surface area contributed by atoms with Crippen LogP contribution in [-0.4, -0.2) is 51.1 Å². The number of benzene rings is 6. The predicted molar refractivity (Wildman–Crippen MR) is 205 cm³/mol. The molecule has 6 aromatic carbocycles. The zero-order chi connectivity index (χ0) is 39.4. The molecule has 0 spiro atoms. The van der Waals surface area contributed by atoms with Gasteiger partial charge in [-0.1, -0.05) is 48.5 Å². The van der Waals surface area contributed by atoms with Crippen molar-refractivity contribution in [3.8, 4) is 56.8 Å². The molecular weight excluding hydrogens is 769 g/mol. The van der Waals surface area contributed by atoms with Gasteiger partial charge in [-0.15, -0.1) is 0 Å². The van der Waals surface area contributed by atoms with E-state index in [4.69, 9.17) is 23.1 Å². The summed E-state index contributed by atoms with van der Waals surface area (Å²) in [5.41, 5.74) is 3.38. The number of hydrogen-bond donors (Lipinski definition) is 1. The molecule has 15 heteroatoms. The van der Waals surface area contributed by atoms with Crippen molar-refractivity contribution in [1.29, 1.82) is 0 Å². The molecule has 0 saturated carbocycles. The van der Waals surface area contributed by atoms with Crippen LogP contribution in [0.3, 0.4) is 0 Å². The van der Waals surface area contributed by atoms with Crippen LogP contribution in [0, 0.1) is 0 Å². The zero-order valence-corrected chi connectivity index (χ0v) is 32.0. The largest absolute Gasteiger partial charge is 0.497 e. The number of methoxy groups -OCH3 is 2. The van der Waals surface area contributed by atoms with Crippen LogP contribution < -0.4 is 18.9 Å². The van der Waals surface area contributed by atoms with Crippen LogP contribution in [0.2, 0.25) is 0 Å². The lowest BCUT2D eigenvalue weighted by Gasteiger charge is -2.15. The fourth-order valence-electron chi connectivity index (χ4n) is 5.54. The van der Waals surface area contributed by atoms with Gasteiger partial charge in [0, 0.05) is 5.56 Å². The lowest BCUT2D eigenvalue weighted by Crippen LogP contribution is -2.09. The summed E-state index contributed by atoms with van der Waals surface area (Å²) in [5, 5.41) is 0. The summed E-state index contributed by atoms with van der Waals surface area (Å²) in [6, 6.07) is 35.2. The van der Waals surface area contributed by atoms with Crippen LogP contribution >= 0.6 is 0 Å². The first kappa shape index (κ1) is 39.0. The average molecular weight is 803 g/mol. The smallest absolute Gasteiger partial charge is 0.300 e. The topological polar surface area (TPSA) is 169 Å². The third kappa shape index (κ3) is 9.16. The molecule has 6 rings (SSSR count). The molecule has 1 N–H and O–H groups in total. The lowest BCUT2D eigenvalue weighted by molar-refractivity contribution is 0.391. The van der Waals surface area contributed by atoms with Crippen LogP contribution in [0.25, 0.3) is 22.3 Å². The van der Waals surface area contributed by atoms with E-state index in [0.29, 0.717) is 17.2 Å². The third-order valence-corrected chi connectivity index (χ3v) is 12.1. The predicted octanol–water partition coefficient (Wildman–Crippen LogP) is 8.18. The first-order valence-corrected chi connectivity index (χ1v) is 20.8. The van der Waals surface area contributed by atoms with E-state index in [1.807, 2.05) is 48.5 Å². The van der Waals surface area contributed by atoms with Gasteiger partial charge >= 0.3 is 0 Å². The Labute approximate surface area is 319 Å². The maximum atomic E-state index is 13.9. The SMILES string of the molecule is COc1ccc(-c2ccc(Oc3ccc(S(=O)(=O)c4ccc(Oc5ccc(-c6ccc(OC)cc6)cc5)c(S(=O)(=O)OC)c4)cc3CS(=O)(=O)O)cc2)cc1. The van der Waals surface area contributed by atoms with E-state index in [9.17, 15) is 29.8 Å². The third-order valence-electron chi connectivity index (χ3n) is 8.41. The van der Waals surface area contributed by atoms with Gasteiger partial charge in [-0.2, -0.15) is 16.8 Å². The summed E-state index contributed by atoms with van der Waals surface area (Å²) < 4.78 is 115. The van der Waals surface area contributed by atoms with Crippen molar-refractivity contribution >= 4 is 30.1 Å². The second-order valence-electron chi connectivity index (χ2n) is 11.9. The summed E-state index contributed by atoms with van der Waals surface area (Å²) in [6.45, 7) is 0. The highest BCUT2D eigenvalue weighted by atomic mass is 32.2. The standard InChI is InChI=1S/C40H34O12S3/c1-48-32-12-4-27(5-13-32)29-8-16-34(17-9-29)51-38-22-20-36(24-31(38)26-53(41,42)43)54(44,45)37-21-23-39(40(25-37)55(46,47)50-3)52-35-18-10-30(11-19-35)28-6-14-33(49-2)15-7-28/h4-25H,26H2,1-3H3,(H,41,42,43). The quantitative estimate of drug-likeness (QED) is 0.0830. The Morgan fingerprint density at radius 3 is 1.25 bits per heavy atom.